The van der Waals surface area contributed by atoms with E-state index in [1.165, 1.54) is 0 Å². The van der Waals surface area contributed by atoms with Gasteiger partial charge in [-0.05, 0) is 6.07 Å². The van der Waals surface area contributed by atoms with Crippen LogP contribution >= 0.6 is 0 Å². The van der Waals surface area contributed by atoms with Crippen molar-refractivity contribution in [3.63, 3.8) is 0 Å². The Morgan fingerprint density at radius 1 is 1.05 bits per heavy atom. The quantitative estimate of drug-likeness (QED) is 0.818. The molecule has 0 aliphatic carbocycles. The Morgan fingerprint density at radius 2 is 1.53 bits per heavy atom. The monoisotopic (exact) mass is 289 g/mol. The number of hydrogen-bond donors (Lipinski definition) is 2. The lowest BCUT2D eigenvalue weighted by Gasteiger charge is -2.32. The molecular formula is C9H5F6NO3. The summed E-state index contributed by atoms with van der Waals surface area (Å²) >= 11 is 0. The minimum Gasteiger partial charge on any atom is -0.477 e. The predicted molar refractivity (Wildman–Crippen MR) is 47.2 cm³/mol. The van der Waals surface area contributed by atoms with Gasteiger partial charge in [0.25, 0.3) is 5.60 Å². The Morgan fingerprint density at radius 3 is 1.79 bits per heavy atom. The van der Waals surface area contributed by atoms with Gasteiger partial charge in [0.05, 0.1) is 0 Å². The lowest BCUT2D eigenvalue weighted by Crippen LogP contribution is -2.54. The zero-order chi connectivity index (χ0) is 15.1. The summed E-state index contributed by atoms with van der Waals surface area (Å²) in [4.78, 5) is 13.3. The van der Waals surface area contributed by atoms with E-state index >= 15 is 0 Å². The first-order valence-electron chi connectivity index (χ1n) is 4.47. The first-order chi connectivity index (χ1) is 8.41. The van der Waals surface area contributed by atoms with Crippen molar-refractivity contribution in [2.75, 3.05) is 0 Å². The fraction of sp³-hybridized carbons (Fsp3) is 0.333. The Kier molecular flexibility index (Phi) is 3.50. The summed E-state index contributed by atoms with van der Waals surface area (Å²) in [5, 5.41) is 17.4. The number of aromatic carboxylic acids is 1. The molecule has 0 amide bonds. The highest BCUT2D eigenvalue weighted by molar-refractivity contribution is 5.85. The smallest absolute Gasteiger partial charge is 0.430 e. The van der Waals surface area contributed by atoms with Crippen molar-refractivity contribution < 1.29 is 41.4 Å². The second kappa shape index (κ2) is 4.37. The molecule has 0 aliphatic heterocycles. The number of carbonyl (C=O) groups is 1. The number of carboxylic acid groups (broad SMARTS) is 1. The highest BCUT2D eigenvalue weighted by Crippen LogP contribution is 2.49. The molecule has 0 radical (unpaired) electrons. The van der Waals surface area contributed by atoms with Crippen molar-refractivity contribution in [1.29, 1.82) is 0 Å². The van der Waals surface area contributed by atoms with Crippen LogP contribution in [0, 0.1) is 0 Å². The molecule has 0 saturated carbocycles. The number of pyridine rings is 1. The molecule has 4 nitrogen and oxygen atoms in total. The molecule has 0 aliphatic rings. The Hall–Kier alpha value is -1.84. The van der Waals surface area contributed by atoms with Gasteiger partial charge < -0.3 is 10.2 Å². The zero-order valence-electron chi connectivity index (χ0n) is 8.75. The molecule has 0 fully saturated rings. The van der Waals surface area contributed by atoms with E-state index in [9.17, 15) is 31.1 Å². The van der Waals surface area contributed by atoms with Crippen LogP contribution in [0.25, 0.3) is 0 Å². The number of aromatic nitrogens is 1. The predicted octanol–water partition coefficient (Wildman–Crippen LogP) is 2.09. The first kappa shape index (κ1) is 15.2. The van der Waals surface area contributed by atoms with E-state index < -0.39 is 35.2 Å². The zero-order valence-corrected chi connectivity index (χ0v) is 8.75. The molecule has 0 atom stereocenters. The van der Waals surface area contributed by atoms with Crippen molar-refractivity contribution in [3.8, 4) is 0 Å². The van der Waals surface area contributed by atoms with Gasteiger partial charge in [-0.2, -0.15) is 26.3 Å². The van der Waals surface area contributed by atoms with E-state index in [0.717, 1.165) is 0 Å². The van der Waals surface area contributed by atoms with Crippen molar-refractivity contribution in [2.45, 2.75) is 18.0 Å². The molecule has 1 heterocycles. The summed E-state index contributed by atoms with van der Waals surface area (Å²) in [5.41, 5.74) is -7.47. The lowest BCUT2D eigenvalue weighted by molar-refractivity contribution is -0.376. The number of carboxylic acids is 1. The van der Waals surface area contributed by atoms with Gasteiger partial charge in [0, 0.05) is 11.8 Å². The SMILES string of the molecule is O=C(O)c1ccc(C(O)(C(F)(F)F)C(F)(F)F)cn1. The standard InChI is InChI=1S/C9H5F6NO3/c10-8(11,12)7(19,9(13,14)15)4-1-2-5(6(17)18)16-3-4/h1-3,19H,(H,17,18). The highest BCUT2D eigenvalue weighted by atomic mass is 19.4. The fourth-order valence-electron chi connectivity index (χ4n) is 1.22. The second-order valence-corrected chi connectivity index (χ2v) is 3.44. The van der Waals surface area contributed by atoms with E-state index in [0.29, 0.717) is 6.07 Å². The van der Waals surface area contributed by atoms with E-state index in [1.807, 2.05) is 0 Å². The van der Waals surface area contributed by atoms with Crippen LogP contribution in [0.5, 0.6) is 0 Å². The van der Waals surface area contributed by atoms with Crippen molar-refractivity contribution in [1.82, 2.24) is 4.98 Å². The molecule has 0 aromatic carbocycles. The third-order valence-corrected chi connectivity index (χ3v) is 2.22. The maximum atomic E-state index is 12.4. The molecule has 1 rings (SSSR count). The van der Waals surface area contributed by atoms with Crippen molar-refractivity contribution >= 4 is 5.97 Å². The van der Waals surface area contributed by atoms with E-state index in [1.54, 1.807) is 0 Å². The largest absolute Gasteiger partial charge is 0.477 e. The molecule has 1 aromatic rings. The van der Waals surface area contributed by atoms with Gasteiger partial charge in [0.1, 0.15) is 5.69 Å². The van der Waals surface area contributed by atoms with E-state index in [2.05, 4.69) is 4.98 Å². The number of hydrogen-bond acceptors (Lipinski definition) is 3. The average molecular weight is 289 g/mol. The van der Waals surface area contributed by atoms with Crippen LogP contribution in [0.15, 0.2) is 18.3 Å². The summed E-state index contributed by atoms with van der Waals surface area (Å²) in [7, 11) is 0. The number of alkyl halides is 6. The van der Waals surface area contributed by atoms with Gasteiger partial charge in [0.15, 0.2) is 0 Å². The summed E-state index contributed by atoms with van der Waals surface area (Å²) in [5.74, 6) is -1.63. The number of halogens is 6. The number of nitrogens with zero attached hydrogens (tertiary/aromatic N) is 1. The minimum absolute atomic E-state index is 0.0183. The number of aliphatic hydroxyl groups is 1. The molecule has 10 heteroatoms. The summed E-state index contributed by atoms with van der Waals surface area (Å²) in [6.07, 6.45) is -12.0. The van der Waals surface area contributed by atoms with Gasteiger partial charge in [0.2, 0.25) is 0 Å². The molecule has 19 heavy (non-hydrogen) atoms. The van der Waals surface area contributed by atoms with Crippen LogP contribution in [0.2, 0.25) is 0 Å². The van der Waals surface area contributed by atoms with Crippen molar-refractivity contribution in [3.05, 3.63) is 29.6 Å². The normalized spacial score (nSPS) is 13.4. The molecular weight excluding hydrogens is 284 g/mol. The minimum atomic E-state index is -6.03. The molecule has 106 valence electrons. The molecule has 0 saturated heterocycles. The first-order valence-corrected chi connectivity index (χ1v) is 4.47. The van der Waals surface area contributed by atoms with Crippen LogP contribution in [-0.2, 0) is 5.60 Å². The van der Waals surface area contributed by atoms with Gasteiger partial charge in [-0.25, -0.2) is 9.78 Å². The average Bonchev–Trinajstić information content (AvgIpc) is 2.25. The third kappa shape index (κ3) is 2.48. The summed E-state index contributed by atoms with van der Waals surface area (Å²) in [6.45, 7) is 0. The highest BCUT2D eigenvalue weighted by Gasteiger charge is 2.71. The molecule has 0 bridgehead atoms. The number of rotatable bonds is 2. The van der Waals surface area contributed by atoms with Gasteiger partial charge in [-0.1, -0.05) is 6.07 Å². The Labute approximate surface area is 101 Å². The van der Waals surface area contributed by atoms with Crippen LogP contribution in [0.4, 0.5) is 26.3 Å². The lowest BCUT2D eigenvalue weighted by atomic mass is 9.93. The molecule has 0 spiro atoms. The molecule has 1 aromatic heterocycles. The van der Waals surface area contributed by atoms with Gasteiger partial charge >= 0.3 is 18.3 Å². The fourth-order valence-corrected chi connectivity index (χ4v) is 1.22. The van der Waals surface area contributed by atoms with Crippen molar-refractivity contribution in [2.24, 2.45) is 0 Å². The van der Waals surface area contributed by atoms with E-state index in [-0.39, 0.29) is 12.3 Å². The third-order valence-electron chi connectivity index (χ3n) is 2.22. The maximum Gasteiger partial charge on any atom is 0.430 e. The van der Waals surface area contributed by atoms with Crippen LogP contribution in [0.1, 0.15) is 16.1 Å². The maximum absolute atomic E-state index is 12.4. The molecule has 2 N–H and O–H groups in total. The summed E-state index contributed by atoms with van der Waals surface area (Å²) in [6, 6.07) is 0.636. The second-order valence-electron chi connectivity index (χ2n) is 3.44. The topological polar surface area (TPSA) is 70.4 Å². The van der Waals surface area contributed by atoms with Crippen LogP contribution in [0.3, 0.4) is 0 Å². The Bertz CT molecular complexity index is 464. The Balaban J connectivity index is 3.40. The van der Waals surface area contributed by atoms with Gasteiger partial charge in [-0.15, -0.1) is 0 Å². The van der Waals surface area contributed by atoms with Gasteiger partial charge in [-0.3, -0.25) is 0 Å². The van der Waals surface area contributed by atoms with Crippen LogP contribution in [-0.4, -0.2) is 33.5 Å². The van der Waals surface area contributed by atoms with Crippen LogP contribution < -0.4 is 0 Å². The van der Waals surface area contributed by atoms with E-state index in [4.69, 9.17) is 10.2 Å². The summed E-state index contributed by atoms with van der Waals surface area (Å²) < 4.78 is 74.6. The molecule has 0 unspecified atom stereocenters.